The summed E-state index contributed by atoms with van der Waals surface area (Å²) in [7, 11) is 0. The molecule has 0 radical (unpaired) electrons. The van der Waals surface area contributed by atoms with Crippen LogP contribution in [0.1, 0.15) is 5.56 Å². The molecule has 7 aromatic carbocycles. The summed E-state index contributed by atoms with van der Waals surface area (Å²) in [6.45, 7) is 2.13. The summed E-state index contributed by atoms with van der Waals surface area (Å²) in [6.07, 6.45) is 0. The summed E-state index contributed by atoms with van der Waals surface area (Å²) < 4.78 is 13.2. The molecule has 2 aromatic heterocycles. The third-order valence-corrected chi connectivity index (χ3v) is 8.45. The van der Waals surface area contributed by atoms with Crippen molar-refractivity contribution in [3.63, 3.8) is 0 Å². The molecule has 0 bridgehead atoms. The van der Waals surface area contributed by atoms with Gasteiger partial charge in [-0.3, -0.25) is 0 Å². The minimum atomic E-state index is 0.861. The van der Waals surface area contributed by atoms with Gasteiger partial charge in [0.2, 0.25) is 0 Å². The van der Waals surface area contributed by atoms with Crippen LogP contribution in [0.3, 0.4) is 0 Å². The first-order valence-electron chi connectivity index (χ1n) is 14.3. The van der Waals surface area contributed by atoms with E-state index in [9.17, 15) is 0 Å². The Morgan fingerprint density at radius 1 is 0.452 bits per heavy atom. The van der Waals surface area contributed by atoms with E-state index in [0.29, 0.717) is 0 Å². The van der Waals surface area contributed by atoms with Crippen molar-refractivity contribution in [1.29, 1.82) is 0 Å². The van der Waals surface area contributed by atoms with Crippen LogP contribution in [0.2, 0.25) is 0 Å². The number of furan rings is 2. The van der Waals surface area contributed by atoms with Crippen molar-refractivity contribution in [2.75, 3.05) is 4.90 Å². The maximum absolute atomic E-state index is 6.64. The predicted molar refractivity (Wildman–Crippen MR) is 175 cm³/mol. The Morgan fingerprint density at radius 3 is 2.02 bits per heavy atom. The number of anilines is 3. The summed E-state index contributed by atoms with van der Waals surface area (Å²) in [6, 6.07) is 47.0. The van der Waals surface area contributed by atoms with Crippen molar-refractivity contribution in [2.24, 2.45) is 0 Å². The fourth-order valence-electron chi connectivity index (χ4n) is 6.58. The van der Waals surface area contributed by atoms with Crippen molar-refractivity contribution in [3.05, 3.63) is 139 Å². The summed E-state index contributed by atoms with van der Waals surface area (Å²) >= 11 is 0. The van der Waals surface area contributed by atoms with Crippen molar-refractivity contribution in [1.82, 2.24) is 0 Å². The Bertz CT molecular complexity index is 2500. The highest BCUT2D eigenvalue weighted by Gasteiger charge is 2.23. The van der Waals surface area contributed by atoms with Crippen molar-refractivity contribution < 1.29 is 8.83 Å². The van der Waals surface area contributed by atoms with Crippen LogP contribution in [-0.4, -0.2) is 0 Å². The topological polar surface area (TPSA) is 29.5 Å². The molecule has 198 valence electrons. The molecule has 0 fully saturated rings. The second-order valence-electron chi connectivity index (χ2n) is 11.0. The number of nitrogens with zero attached hydrogens (tertiary/aromatic N) is 1. The molecule has 0 saturated carbocycles. The largest absolute Gasteiger partial charge is 0.456 e. The molecule has 0 N–H and O–H groups in total. The SMILES string of the molecule is Cc1cccc(N(c2cc3oc4cc5ccccc5cc4c3c3ccccc23)c2cccc3c2oc2ccccc23)c1. The molecular formula is C39H25NO2. The smallest absolute Gasteiger partial charge is 0.159 e. The second-order valence-corrected chi connectivity index (χ2v) is 11.0. The molecule has 0 amide bonds. The molecule has 0 aliphatic rings. The van der Waals surface area contributed by atoms with Gasteiger partial charge in [-0.15, -0.1) is 0 Å². The van der Waals surface area contributed by atoms with Crippen LogP contribution in [-0.2, 0) is 0 Å². The maximum atomic E-state index is 6.64. The quantitative estimate of drug-likeness (QED) is 0.224. The molecular weight excluding hydrogens is 514 g/mol. The zero-order valence-corrected chi connectivity index (χ0v) is 23.0. The van der Waals surface area contributed by atoms with Gasteiger partial charge in [0.15, 0.2) is 5.58 Å². The van der Waals surface area contributed by atoms with Gasteiger partial charge >= 0.3 is 0 Å². The number of benzene rings is 7. The van der Waals surface area contributed by atoms with Crippen LogP contribution in [0.15, 0.2) is 142 Å². The Hall–Kier alpha value is -5.54. The van der Waals surface area contributed by atoms with E-state index in [1.807, 2.05) is 12.1 Å². The number of para-hydroxylation sites is 2. The Balaban J connectivity index is 1.41. The Kier molecular flexibility index (Phi) is 4.82. The number of hydrogen-bond acceptors (Lipinski definition) is 3. The molecule has 0 aliphatic heterocycles. The van der Waals surface area contributed by atoms with Crippen molar-refractivity contribution in [3.8, 4) is 0 Å². The molecule has 0 aliphatic carbocycles. The van der Waals surface area contributed by atoms with E-state index in [0.717, 1.165) is 71.7 Å². The highest BCUT2D eigenvalue weighted by Crippen LogP contribution is 2.47. The van der Waals surface area contributed by atoms with Gasteiger partial charge in [-0.1, -0.05) is 91.0 Å². The zero-order chi connectivity index (χ0) is 27.8. The molecule has 9 rings (SSSR count). The van der Waals surface area contributed by atoms with Gasteiger partial charge in [0.25, 0.3) is 0 Å². The van der Waals surface area contributed by atoms with Crippen LogP contribution < -0.4 is 4.90 Å². The van der Waals surface area contributed by atoms with Crippen LogP contribution >= 0.6 is 0 Å². The minimum absolute atomic E-state index is 0.861. The van der Waals surface area contributed by atoms with Crippen LogP contribution in [0, 0.1) is 6.92 Å². The van der Waals surface area contributed by atoms with Crippen LogP contribution in [0.25, 0.3) is 65.4 Å². The number of rotatable bonds is 3. The Morgan fingerprint density at radius 2 is 1.17 bits per heavy atom. The highest BCUT2D eigenvalue weighted by atomic mass is 16.3. The van der Waals surface area contributed by atoms with Crippen molar-refractivity contribution in [2.45, 2.75) is 6.92 Å². The summed E-state index contributed by atoms with van der Waals surface area (Å²) in [5.74, 6) is 0. The van der Waals surface area contributed by atoms with Gasteiger partial charge in [0, 0.05) is 38.7 Å². The van der Waals surface area contributed by atoms with Gasteiger partial charge in [-0.05, 0) is 65.0 Å². The molecule has 42 heavy (non-hydrogen) atoms. The number of hydrogen-bond donors (Lipinski definition) is 0. The monoisotopic (exact) mass is 539 g/mol. The van der Waals surface area contributed by atoms with E-state index in [2.05, 4.69) is 133 Å². The van der Waals surface area contributed by atoms with Crippen LogP contribution in [0.4, 0.5) is 17.1 Å². The fourth-order valence-corrected chi connectivity index (χ4v) is 6.58. The molecule has 0 saturated heterocycles. The molecule has 2 heterocycles. The van der Waals surface area contributed by atoms with Gasteiger partial charge in [0.05, 0.1) is 11.4 Å². The van der Waals surface area contributed by atoms with Crippen molar-refractivity contribution >= 4 is 82.5 Å². The first kappa shape index (κ1) is 23.2. The first-order valence-corrected chi connectivity index (χ1v) is 14.3. The van der Waals surface area contributed by atoms with Crippen LogP contribution in [0.5, 0.6) is 0 Å². The third-order valence-electron chi connectivity index (χ3n) is 8.45. The first-order chi connectivity index (χ1) is 20.7. The van der Waals surface area contributed by atoms with E-state index >= 15 is 0 Å². The lowest BCUT2D eigenvalue weighted by Gasteiger charge is -2.27. The zero-order valence-electron chi connectivity index (χ0n) is 23.0. The number of fused-ring (bicyclic) bond motifs is 9. The lowest BCUT2D eigenvalue weighted by atomic mass is 9.99. The molecule has 0 atom stereocenters. The molecule has 3 heteroatoms. The van der Waals surface area contributed by atoms with E-state index in [1.165, 1.54) is 16.3 Å². The molecule has 3 nitrogen and oxygen atoms in total. The summed E-state index contributed by atoms with van der Waals surface area (Å²) in [4.78, 5) is 2.32. The van der Waals surface area contributed by atoms with Gasteiger partial charge in [-0.25, -0.2) is 0 Å². The molecule has 9 aromatic rings. The van der Waals surface area contributed by atoms with Gasteiger partial charge < -0.3 is 13.7 Å². The fraction of sp³-hybridized carbons (Fsp3) is 0.0256. The summed E-state index contributed by atoms with van der Waals surface area (Å²) in [5.41, 5.74) is 7.79. The maximum Gasteiger partial charge on any atom is 0.159 e. The third kappa shape index (κ3) is 3.34. The van der Waals surface area contributed by atoms with Gasteiger partial charge in [-0.2, -0.15) is 0 Å². The van der Waals surface area contributed by atoms with E-state index in [-0.39, 0.29) is 0 Å². The molecule has 0 spiro atoms. The van der Waals surface area contributed by atoms with E-state index in [1.54, 1.807) is 0 Å². The minimum Gasteiger partial charge on any atom is -0.456 e. The standard InChI is InChI=1S/C39H25NO2/c1-24-10-8-13-27(20-24)40(33-18-9-17-31-29-15-6-7-19-35(29)42-39(31)33)34-23-37-38(30-16-5-4-14-28(30)34)32-21-25-11-2-3-12-26(25)22-36(32)41-37/h2-23H,1H3. The lowest BCUT2D eigenvalue weighted by Crippen LogP contribution is -2.11. The van der Waals surface area contributed by atoms with Gasteiger partial charge in [0.1, 0.15) is 16.7 Å². The average molecular weight is 540 g/mol. The Labute approximate surface area is 241 Å². The van der Waals surface area contributed by atoms with E-state index < -0.39 is 0 Å². The number of aryl methyl sites for hydroxylation is 1. The lowest BCUT2D eigenvalue weighted by molar-refractivity contribution is 0.668. The summed E-state index contributed by atoms with van der Waals surface area (Å²) in [5, 5.41) is 9.17. The predicted octanol–water partition coefficient (Wildman–Crippen LogP) is 11.6. The average Bonchev–Trinajstić information content (AvgIpc) is 3.58. The molecule has 0 unspecified atom stereocenters. The normalized spacial score (nSPS) is 11.9. The second kappa shape index (κ2) is 8.73. The highest BCUT2D eigenvalue weighted by molar-refractivity contribution is 6.24. The van der Waals surface area contributed by atoms with E-state index in [4.69, 9.17) is 8.83 Å².